The van der Waals surface area contributed by atoms with Crippen LogP contribution in [0.25, 0.3) is 10.9 Å². The minimum absolute atomic E-state index is 0.0747. The maximum Gasteiger partial charge on any atom is 0.236 e. The van der Waals surface area contributed by atoms with Gasteiger partial charge in [0.15, 0.2) is 0 Å². The first-order valence-corrected chi connectivity index (χ1v) is 12.0. The van der Waals surface area contributed by atoms with Crippen LogP contribution >= 0.6 is 0 Å². The normalized spacial score (nSPS) is 22.9. The number of benzene rings is 1. The van der Waals surface area contributed by atoms with Gasteiger partial charge in [0.05, 0.1) is 13.1 Å². The summed E-state index contributed by atoms with van der Waals surface area (Å²) in [4.78, 5) is 34.9. The van der Waals surface area contributed by atoms with E-state index in [1.165, 1.54) is 17.4 Å². The van der Waals surface area contributed by atoms with E-state index in [1.54, 1.807) is 0 Å². The molecule has 2 aliphatic heterocycles. The van der Waals surface area contributed by atoms with Gasteiger partial charge in [-0.2, -0.15) is 0 Å². The number of piperazine rings is 1. The van der Waals surface area contributed by atoms with Crippen molar-refractivity contribution >= 4 is 22.7 Å². The summed E-state index contributed by atoms with van der Waals surface area (Å²) < 4.78 is 0. The van der Waals surface area contributed by atoms with Gasteiger partial charge in [-0.15, -0.1) is 0 Å². The molecule has 2 aliphatic rings. The van der Waals surface area contributed by atoms with E-state index < -0.39 is 0 Å². The number of para-hydroxylation sites is 1. The Kier molecular flexibility index (Phi) is 7.48. The smallest absolute Gasteiger partial charge is 0.236 e. The first kappa shape index (κ1) is 22.8. The Morgan fingerprint density at radius 3 is 2.38 bits per heavy atom. The molecule has 0 spiro atoms. The van der Waals surface area contributed by atoms with Crippen molar-refractivity contribution in [3.63, 3.8) is 0 Å². The van der Waals surface area contributed by atoms with Gasteiger partial charge in [-0.3, -0.25) is 19.4 Å². The van der Waals surface area contributed by atoms with E-state index >= 15 is 0 Å². The van der Waals surface area contributed by atoms with Gasteiger partial charge in [0, 0.05) is 62.9 Å². The number of amides is 2. The van der Waals surface area contributed by atoms with Crippen molar-refractivity contribution in [1.29, 1.82) is 0 Å². The Labute approximate surface area is 191 Å². The van der Waals surface area contributed by atoms with E-state index in [2.05, 4.69) is 46.1 Å². The number of likely N-dealkylation sites (tertiary alicyclic amines) is 1. The minimum atomic E-state index is 0.0747. The average molecular weight is 440 g/mol. The average Bonchev–Trinajstić information content (AvgIpc) is 3.17. The second kappa shape index (κ2) is 10.5. The molecule has 1 aromatic carbocycles. The molecular formula is C25H37N5O2. The van der Waals surface area contributed by atoms with Crippen LogP contribution in [0.15, 0.2) is 30.5 Å². The Hall–Kier alpha value is -2.38. The molecule has 2 atom stereocenters. The monoisotopic (exact) mass is 439 g/mol. The molecule has 7 heteroatoms. The molecule has 0 radical (unpaired) electrons. The number of carbonyl (C=O) groups is 2. The quantitative estimate of drug-likeness (QED) is 0.692. The van der Waals surface area contributed by atoms with Crippen LogP contribution in [0.1, 0.15) is 25.8 Å². The highest BCUT2D eigenvalue weighted by Crippen LogP contribution is 2.21. The maximum absolute atomic E-state index is 12.7. The first-order valence-electron chi connectivity index (χ1n) is 12.0. The van der Waals surface area contributed by atoms with E-state index in [4.69, 9.17) is 0 Å². The van der Waals surface area contributed by atoms with Gasteiger partial charge < -0.3 is 15.2 Å². The Morgan fingerprint density at radius 2 is 1.66 bits per heavy atom. The molecule has 2 saturated heterocycles. The van der Waals surface area contributed by atoms with Crippen molar-refractivity contribution in [2.45, 2.75) is 26.7 Å². The third-order valence-electron chi connectivity index (χ3n) is 6.80. The van der Waals surface area contributed by atoms with E-state index in [0.717, 1.165) is 51.2 Å². The van der Waals surface area contributed by atoms with Gasteiger partial charge in [0.2, 0.25) is 11.8 Å². The third-order valence-corrected chi connectivity index (χ3v) is 6.80. The lowest BCUT2D eigenvalue weighted by Crippen LogP contribution is -2.53. The largest absolute Gasteiger partial charge is 0.361 e. The van der Waals surface area contributed by atoms with E-state index in [-0.39, 0.29) is 11.8 Å². The summed E-state index contributed by atoms with van der Waals surface area (Å²) in [6.45, 7) is 11.2. The number of aromatic nitrogens is 1. The number of carbonyl (C=O) groups excluding carboxylic acids is 2. The predicted molar refractivity (Wildman–Crippen MR) is 127 cm³/mol. The number of fused-ring (bicyclic) bond motifs is 1. The van der Waals surface area contributed by atoms with Gasteiger partial charge in [-0.1, -0.05) is 32.0 Å². The Morgan fingerprint density at radius 1 is 1.00 bits per heavy atom. The molecule has 3 heterocycles. The molecule has 0 unspecified atom stereocenters. The molecule has 2 amide bonds. The molecule has 2 fully saturated rings. The molecule has 1 aromatic heterocycles. The summed E-state index contributed by atoms with van der Waals surface area (Å²) in [5.41, 5.74) is 2.37. The number of nitrogens with zero attached hydrogens (tertiary/aromatic N) is 3. The number of hydrogen-bond acceptors (Lipinski definition) is 4. The van der Waals surface area contributed by atoms with Gasteiger partial charge in [0.1, 0.15) is 0 Å². The zero-order chi connectivity index (χ0) is 22.5. The van der Waals surface area contributed by atoms with Crippen molar-refractivity contribution in [3.8, 4) is 0 Å². The van der Waals surface area contributed by atoms with Crippen LogP contribution in [-0.4, -0.2) is 90.4 Å². The van der Waals surface area contributed by atoms with Gasteiger partial charge in [0.25, 0.3) is 0 Å². The van der Waals surface area contributed by atoms with Crippen LogP contribution in [0.4, 0.5) is 0 Å². The highest BCUT2D eigenvalue weighted by Gasteiger charge is 2.27. The lowest BCUT2D eigenvalue weighted by atomic mass is 9.92. The van der Waals surface area contributed by atoms with Gasteiger partial charge in [-0.25, -0.2) is 0 Å². The fourth-order valence-electron chi connectivity index (χ4n) is 5.20. The van der Waals surface area contributed by atoms with Crippen molar-refractivity contribution in [3.05, 3.63) is 36.0 Å². The number of rotatable bonds is 7. The molecule has 2 N–H and O–H groups in total. The Balaban J connectivity index is 1.14. The third kappa shape index (κ3) is 5.90. The predicted octanol–water partition coefficient (Wildman–Crippen LogP) is 1.95. The molecule has 4 rings (SSSR count). The van der Waals surface area contributed by atoms with Crippen molar-refractivity contribution < 1.29 is 9.59 Å². The molecule has 0 aliphatic carbocycles. The molecule has 7 nitrogen and oxygen atoms in total. The number of piperidine rings is 1. The van der Waals surface area contributed by atoms with E-state index in [0.29, 0.717) is 31.5 Å². The van der Waals surface area contributed by atoms with Crippen molar-refractivity contribution in [2.75, 3.05) is 58.9 Å². The summed E-state index contributed by atoms with van der Waals surface area (Å²) in [5, 5.41) is 4.28. The van der Waals surface area contributed by atoms with Gasteiger partial charge >= 0.3 is 0 Å². The van der Waals surface area contributed by atoms with Crippen LogP contribution < -0.4 is 5.32 Å². The lowest BCUT2D eigenvalue weighted by Gasteiger charge is -2.38. The summed E-state index contributed by atoms with van der Waals surface area (Å²) in [6, 6.07) is 8.24. The molecule has 174 valence electrons. The van der Waals surface area contributed by atoms with Crippen LogP contribution in [-0.2, 0) is 16.0 Å². The van der Waals surface area contributed by atoms with Crippen molar-refractivity contribution in [1.82, 2.24) is 25.0 Å². The highest BCUT2D eigenvalue weighted by atomic mass is 16.2. The van der Waals surface area contributed by atoms with Gasteiger partial charge in [-0.05, 0) is 36.3 Å². The van der Waals surface area contributed by atoms with Crippen molar-refractivity contribution in [2.24, 2.45) is 11.8 Å². The number of hydrogen-bond donors (Lipinski definition) is 2. The first-order chi connectivity index (χ1) is 15.5. The number of H-pyrrole nitrogens is 1. The molecule has 0 bridgehead atoms. The summed E-state index contributed by atoms with van der Waals surface area (Å²) in [6.07, 6.45) is 4.06. The minimum Gasteiger partial charge on any atom is -0.361 e. The summed E-state index contributed by atoms with van der Waals surface area (Å²) in [5.74, 6) is 1.51. The van der Waals surface area contributed by atoms with Crippen LogP contribution in [0.3, 0.4) is 0 Å². The fraction of sp³-hybridized carbons (Fsp3) is 0.600. The number of nitrogens with one attached hydrogen (secondary N) is 2. The standard InChI is InChI=1S/C25H37N5O2/c1-19-13-20(2)16-30(15-19)25(32)18-29-11-9-28(10-12-29)17-24(31)26-8-7-21-14-27-23-6-4-3-5-22(21)23/h3-6,14,19-20,27H,7-13,15-18H2,1-2H3,(H,26,31)/t19-,20+. The SMILES string of the molecule is C[C@@H]1C[C@H](C)CN(C(=O)CN2CCN(CC(=O)NCCc3c[nH]c4ccccc34)CC2)C1. The Bertz CT molecular complexity index is 908. The summed E-state index contributed by atoms with van der Waals surface area (Å²) >= 11 is 0. The van der Waals surface area contributed by atoms with Crippen LogP contribution in [0.5, 0.6) is 0 Å². The molecule has 32 heavy (non-hydrogen) atoms. The summed E-state index contributed by atoms with van der Waals surface area (Å²) in [7, 11) is 0. The zero-order valence-corrected chi connectivity index (χ0v) is 19.5. The second-order valence-electron chi connectivity index (χ2n) is 9.76. The van der Waals surface area contributed by atoms with E-state index in [1.807, 2.05) is 23.2 Å². The molecular weight excluding hydrogens is 402 g/mol. The van der Waals surface area contributed by atoms with Crippen LogP contribution in [0, 0.1) is 11.8 Å². The topological polar surface area (TPSA) is 71.7 Å². The zero-order valence-electron chi connectivity index (χ0n) is 19.5. The lowest BCUT2D eigenvalue weighted by molar-refractivity contribution is -0.135. The second-order valence-corrected chi connectivity index (χ2v) is 9.76. The number of aromatic amines is 1. The highest BCUT2D eigenvalue weighted by molar-refractivity contribution is 5.83. The molecule has 0 saturated carbocycles. The molecule has 2 aromatic rings. The van der Waals surface area contributed by atoms with E-state index in [9.17, 15) is 9.59 Å². The maximum atomic E-state index is 12.7. The van der Waals surface area contributed by atoms with Crippen LogP contribution in [0.2, 0.25) is 0 Å². The fourth-order valence-corrected chi connectivity index (χ4v) is 5.20.